The van der Waals surface area contributed by atoms with Crippen molar-refractivity contribution in [3.63, 3.8) is 0 Å². The SMILES string of the molecule is C=C(C)C(=O)Oc1ccc(C(=O)OC2CC(C)(C)N(C)C(C)(C)C2)cc1. The van der Waals surface area contributed by atoms with E-state index in [0.717, 1.165) is 12.8 Å². The van der Waals surface area contributed by atoms with Crippen LogP contribution in [-0.4, -0.2) is 41.1 Å². The van der Waals surface area contributed by atoms with Crippen LogP contribution in [0.5, 0.6) is 5.75 Å². The first-order valence-corrected chi connectivity index (χ1v) is 8.85. The Hall–Kier alpha value is -2.14. The van der Waals surface area contributed by atoms with Gasteiger partial charge in [0.25, 0.3) is 0 Å². The summed E-state index contributed by atoms with van der Waals surface area (Å²) in [5.41, 5.74) is 0.663. The molecule has 1 aromatic carbocycles. The van der Waals surface area contributed by atoms with Crippen molar-refractivity contribution in [3.05, 3.63) is 42.0 Å². The first kappa shape index (κ1) is 20.2. The molecule has 1 heterocycles. The first-order valence-electron chi connectivity index (χ1n) is 8.85. The van der Waals surface area contributed by atoms with Gasteiger partial charge in [0.1, 0.15) is 11.9 Å². The maximum Gasteiger partial charge on any atom is 0.338 e. The van der Waals surface area contributed by atoms with Gasteiger partial charge in [-0.05, 0) is 65.9 Å². The highest BCUT2D eigenvalue weighted by molar-refractivity contribution is 5.90. The fraction of sp³-hybridized carbons (Fsp3) is 0.524. The third-order valence-electron chi connectivity index (χ3n) is 5.19. The second-order valence-electron chi connectivity index (χ2n) is 8.31. The number of likely N-dealkylation sites (tertiary alicyclic amines) is 1. The molecule has 1 fully saturated rings. The third kappa shape index (κ3) is 4.52. The smallest absolute Gasteiger partial charge is 0.338 e. The second-order valence-corrected chi connectivity index (χ2v) is 8.31. The predicted octanol–water partition coefficient (Wildman–Crippen LogP) is 3.98. The zero-order valence-corrected chi connectivity index (χ0v) is 16.6. The molecule has 0 N–H and O–H groups in total. The van der Waals surface area contributed by atoms with Gasteiger partial charge in [0, 0.05) is 29.5 Å². The second kappa shape index (κ2) is 7.23. The summed E-state index contributed by atoms with van der Waals surface area (Å²) >= 11 is 0. The van der Waals surface area contributed by atoms with Crippen molar-refractivity contribution in [1.29, 1.82) is 0 Å². The topological polar surface area (TPSA) is 55.8 Å². The number of piperidine rings is 1. The van der Waals surface area contributed by atoms with Crippen LogP contribution in [0.4, 0.5) is 0 Å². The third-order valence-corrected chi connectivity index (χ3v) is 5.19. The van der Waals surface area contributed by atoms with Gasteiger partial charge < -0.3 is 9.47 Å². The number of hydrogen-bond acceptors (Lipinski definition) is 5. The summed E-state index contributed by atoms with van der Waals surface area (Å²) in [4.78, 5) is 26.4. The average Bonchev–Trinajstić information content (AvgIpc) is 2.52. The Labute approximate surface area is 156 Å². The Morgan fingerprint density at radius 3 is 2.04 bits per heavy atom. The average molecular weight is 359 g/mol. The summed E-state index contributed by atoms with van der Waals surface area (Å²) in [5.74, 6) is -0.476. The summed E-state index contributed by atoms with van der Waals surface area (Å²) in [6.07, 6.45) is 1.43. The normalized spacial score (nSPS) is 19.6. The lowest BCUT2D eigenvalue weighted by Crippen LogP contribution is -2.60. The summed E-state index contributed by atoms with van der Waals surface area (Å²) < 4.78 is 10.9. The fourth-order valence-electron chi connectivity index (χ4n) is 3.44. The number of nitrogens with zero attached hydrogens (tertiary/aromatic N) is 1. The van der Waals surface area contributed by atoms with Gasteiger partial charge in [-0.25, -0.2) is 9.59 Å². The van der Waals surface area contributed by atoms with Crippen LogP contribution in [0.1, 0.15) is 57.8 Å². The van der Waals surface area contributed by atoms with Gasteiger partial charge in [-0.15, -0.1) is 0 Å². The summed E-state index contributed by atoms with van der Waals surface area (Å²) in [6.45, 7) is 13.8. The molecule has 0 atom stereocenters. The number of benzene rings is 1. The van der Waals surface area contributed by atoms with Gasteiger partial charge in [0.2, 0.25) is 0 Å². The van der Waals surface area contributed by atoms with E-state index in [1.54, 1.807) is 31.2 Å². The molecule has 0 saturated carbocycles. The van der Waals surface area contributed by atoms with Crippen LogP contribution in [0.15, 0.2) is 36.4 Å². The molecule has 142 valence electrons. The fourth-order valence-corrected chi connectivity index (χ4v) is 3.44. The lowest BCUT2D eigenvalue weighted by atomic mass is 9.79. The summed E-state index contributed by atoms with van der Waals surface area (Å²) in [6, 6.07) is 6.38. The minimum atomic E-state index is -0.490. The Kier molecular flexibility index (Phi) is 5.61. The van der Waals surface area contributed by atoms with E-state index in [0.29, 0.717) is 16.9 Å². The van der Waals surface area contributed by atoms with Crippen LogP contribution in [0.2, 0.25) is 0 Å². The van der Waals surface area contributed by atoms with E-state index in [9.17, 15) is 9.59 Å². The van der Waals surface area contributed by atoms with Crippen LogP contribution in [0.3, 0.4) is 0 Å². The Morgan fingerprint density at radius 2 is 1.58 bits per heavy atom. The maximum absolute atomic E-state index is 12.5. The van der Waals surface area contributed by atoms with E-state index < -0.39 is 5.97 Å². The maximum atomic E-state index is 12.5. The van der Waals surface area contributed by atoms with Crippen molar-refractivity contribution in [2.75, 3.05) is 7.05 Å². The van der Waals surface area contributed by atoms with Crippen molar-refractivity contribution in [1.82, 2.24) is 4.90 Å². The van der Waals surface area contributed by atoms with Gasteiger partial charge in [0.05, 0.1) is 5.56 Å². The lowest BCUT2D eigenvalue weighted by molar-refractivity contribution is -0.130. The highest BCUT2D eigenvalue weighted by Crippen LogP contribution is 2.38. The zero-order chi connectivity index (χ0) is 19.7. The molecular formula is C21H29NO4. The molecular weight excluding hydrogens is 330 g/mol. The Bertz CT molecular complexity index is 685. The quantitative estimate of drug-likeness (QED) is 0.462. The van der Waals surface area contributed by atoms with Crippen molar-refractivity contribution in [2.45, 2.75) is 64.6 Å². The number of hydrogen-bond donors (Lipinski definition) is 0. The van der Waals surface area contributed by atoms with E-state index in [2.05, 4.69) is 46.2 Å². The van der Waals surface area contributed by atoms with Gasteiger partial charge in [0.15, 0.2) is 0 Å². The molecule has 0 unspecified atom stereocenters. The number of carbonyl (C=O) groups excluding carboxylic acids is 2. The molecule has 0 radical (unpaired) electrons. The van der Waals surface area contributed by atoms with E-state index in [-0.39, 0.29) is 23.2 Å². The van der Waals surface area contributed by atoms with Crippen LogP contribution in [-0.2, 0) is 9.53 Å². The van der Waals surface area contributed by atoms with E-state index >= 15 is 0 Å². The zero-order valence-electron chi connectivity index (χ0n) is 16.6. The van der Waals surface area contributed by atoms with E-state index in [4.69, 9.17) is 9.47 Å². The number of esters is 2. The van der Waals surface area contributed by atoms with Crippen molar-refractivity contribution >= 4 is 11.9 Å². The molecule has 0 aromatic heterocycles. The highest BCUT2D eigenvalue weighted by Gasteiger charge is 2.44. The number of rotatable bonds is 4. The molecule has 1 aromatic rings. The predicted molar refractivity (Wildman–Crippen MR) is 101 cm³/mol. The molecule has 2 rings (SSSR count). The van der Waals surface area contributed by atoms with Gasteiger partial charge in [-0.3, -0.25) is 4.90 Å². The molecule has 26 heavy (non-hydrogen) atoms. The lowest BCUT2D eigenvalue weighted by Gasteiger charge is -2.53. The molecule has 1 saturated heterocycles. The van der Waals surface area contributed by atoms with Crippen LogP contribution >= 0.6 is 0 Å². The summed E-state index contributed by atoms with van der Waals surface area (Å²) in [5, 5.41) is 0. The molecule has 0 amide bonds. The standard InChI is InChI=1S/C21H29NO4/c1-14(2)18(23)25-16-10-8-15(9-11-16)19(24)26-17-12-20(3,4)22(7)21(5,6)13-17/h8-11,17H,1,12-13H2,2-7H3. The summed E-state index contributed by atoms with van der Waals surface area (Å²) in [7, 11) is 2.11. The Balaban J connectivity index is 2.04. The Morgan fingerprint density at radius 1 is 1.08 bits per heavy atom. The largest absolute Gasteiger partial charge is 0.459 e. The molecule has 0 aliphatic carbocycles. The van der Waals surface area contributed by atoms with Crippen LogP contribution in [0, 0.1) is 0 Å². The molecule has 1 aliphatic rings. The number of carbonyl (C=O) groups is 2. The van der Waals surface area contributed by atoms with Gasteiger partial charge in [-0.1, -0.05) is 6.58 Å². The highest BCUT2D eigenvalue weighted by atomic mass is 16.5. The number of ether oxygens (including phenoxy) is 2. The van der Waals surface area contributed by atoms with Gasteiger partial charge >= 0.3 is 11.9 Å². The molecule has 0 bridgehead atoms. The molecule has 0 spiro atoms. The van der Waals surface area contributed by atoms with E-state index in [1.165, 1.54) is 0 Å². The minimum absolute atomic E-state index is 0.0483. The van der Waals surface area contributed by atoms with Crippen molar-refractivity contribution in [2.24, 2.45) is 0 Å². The van der Waals surface area contributed by atoms with Crippen LogP contribution in [0.25, 0.3) is 0 Å². The van der Waals surface area contributed by atoms with Gasteiger partial charge in [-0.2, -0.15) is 0 Å². The molecule has 1 aliphatic heterocycles. The minimum Gasteiger partial charge on any atom is -0.459 e. The van der Waals surface area contributed by atoms with Crippen molar-refractivity contribution in [3.8, 4) is 5.75 Å². The van der Waals surface area contributed by atoms with Crippen molar-refractivity contribution < 1.29 is 19.1 Å². The van der Waals surface area contributed by atoms with E-state index in [1.807, 2.05) is 0 Å². The first-order chi connectivity index (χ1) is 11.9. The monoisotopic (exact) mass is 359 g/mol. The molecule has 5 heteroatoms. The van der Waals surface area contributed by atoms with Crippen LogP contribution < -0.4 is 4.74 Å². The molecule has 5 nitrogen and oxygen atoms in total.